The summed E-state index contributed by atoms with van der Waals surface area (Å²) in [7, 11) is 0. The average Bonchev–Trinajstić information content (AvgIpc) is 3.08. The van der Waals surface area contributed by atoms with Crippen LogP contribution < -0.4 is 9.64 Å². The normalized spacial score (nSPS) is 17.5. The summed E-state index contributed by atoms with van der Waals surface area (Å²) >= 11 is 6.38. The Morgan fingerprint density at radius 2 is 1.73 bits per heavy atom. The molecule has 1 heterocycles. The van der Waals surface area contributed by atoms with Gasteiger partial charge in [0.1, 0.15) is 11.5 Å². The van der Waals surface area contributed by atoms with Crippen LogP contribution in [0.5, 0.6) is 5.75 Å². The predicted molar refractivity (Wildman–Crippen MR) is 130 cm³/mol. The first kappa shape index (κ1) is 22.6. The van der Waals surface area contributed by atoms with Crippen molar-refractivity contribution in [3.8, 4) is 5.75 Å². The van der Waals surface area contributed by atoms with Crippen LogP contribution in [-0.4, -0.2) is 23.4 Å². The minimum absolute atomic E-state index is 0.0139. The minimum Gasteiger partial charge on any atom is -0.507 e. The van der Waals surface area contributed by atoms with Crippen molar-refractivity contribution in [3.05, 3.63) is 99.6 Å². The predicted octanol–water partition coefficient (Wildman–Crippen LogP) is 5.98. The third-order valence-corrected chi connectivity index (χ3v) is 6.16. The van der Waals surface area contributed by atoms with Crippen molar-refractivity contribution < 1.29 is 19.4 Å². The van der Waals surface area contributed by atoms with Crippen LogP contribution in [0.1, 0.15) is 35.2 Å². The summed E-state index contributed by atoms with van der Waals surface area (Å²) in [5.41, 5.74) is 3.58. The first-order valence-corrected chi connectivity index (χ1v) is 11.1. The van der Waals surface area contributed by atoms with E-state index in [1.807, 2.05) is 69.3 Å². The highest BCUT2D eigenvalue weighted by Gasteiger charge is 2.47. The fraction of sp³-hybridized carbons (Fsp3) is 0.185. The number of halogens is 1. The number of hydrogen-bond donors (Lipinski definition) is 1. The van der Waals surface area contributed by atoms with Gasteiger partial charge in [-0.2, -0.15) is 0 Å². The number of amides is 1. The van der Waals surface area contributed by atoms with Gasteiger partial charge in [-0.25, -0.2) is 0 Å². The van der Waals surface area contributed by atoms with Crippen LogP contribution in [0.3, 0.4) is 0 Å². The van der Waals surface area contributed by atoms with Gasteiger partial charge >= 0.3 is 0 Å². The zero-order chi connectivity index (χ0) is 23.7. The molecule has 1 aliphatic heterocycles. The standard InChI is InChI=1S/C27H24ClNO4/c1-4-33-20-12-13-22(28)21(15-20)25(30)23-24(18-8-6-5-7-9-18)29(27(32)26(23)31)19-11-10-16(2)17(3)14-19/h5-15,24,30H,4H2,1-3H3/b25-23+. The van der Waals surface area contributed by atoms with E-state index in [0.29, 0.717) is 23.6 Å². The summed E-state index contributed by atoms with van der Waals surface area (Å²) in [5, 5.41) is 11.6. The van der Waals surface area contributed by atoms with E-state index in [9.17, 15) is 14.7 Å². The van der Waals surface area contributed by atoms with Crippen LogP contribution in [0.2, 0.25) is 5.02 Å². The maximum atomic E-state index is 13.3. The van der Waals surface area contributed by atoms with Gasteiger partial charge in [0.05, 0.1) is 23.2 Å². The molecule has 5 nitrogen and oxygen atoms in total. The summed E-state index contributed by atoms with van der Waals surface area (Å²) in [4.78, 5) is 28.0. The average molecular weight is 462 g/mol. The van der Waals surface area contributed by atoms with Crippen molar-refractivity contribution in [1.29, 1.82) is 0 Å². The van der Waals surface area contributed by atoms with Gasteiger partial charge in [-0.1, -0.05) is 48.0 Å². The van der Waals surface area contributed by atoms with E-state index in [1.165, 1.54) is 4.90 Å². The van der Waals surface area contributed by atoms with E-state index in [-0.39, 0.29) is 21.9 Å². The molecule has 0 aromatic heterocycles. The quantitative estimate of drug-likeness (QED) is 0.288. The number of carbonyl (C=O) groups is 2. The molecule has 0 bridgehead atoms. The maximum absolute atomic E-state index is 13.3. The Labute approximate surface area is 197 Å². The van der Waals surface area contributed by atoms with Crippen molar-refractivity contribution >= 4 is 34.7 Å². The van der Waals surface area contributed by atoms with Crippen LogP contribution in [0.4, 0.5) is 5.69 Å². The van der Waals surface area contributed by atoms with Crippen molar-refractivity contribution in [2.24, 2.45) is 0 Å². The smallest absolute Gasteiger partial charge is 0.300 e. The van der Waals surface area contributed by atoms with Crippen molar-refractivity contribution in [1.82, 2.24) is 0 Å². The van der Waals surface area contributed by atoms with Crippen LogP contribution in [-0.2, 0) is 9.59 Å². The lowest BCUT2D eigenvalue weighted by atomic mass is 9.95. The Kier molecular flexibility index (Phi) is 6.25. The molecule has 168 valence electrons. The zero-order valence-corrected chi connectivity index (χ0v) is 19.4. The van der Waals surface area contributed by atoms with Gasteiger partial charge in [-0.3, -0.25) is 14.5 Å². The van der Waals surface area contributed by atoms with E-state index >= 15 is 0 Å². The summed E-state index contributed by atoms with van der Waals surface area (Å²) < 4.78 is 5.53. The number of aryl methyl sites for hydroxylation is 2. The molecule has 0 aliphatic carbocycles. The van der Waals surface area contributed by atoms with Crippen molar-refractivity contribution in [2.45, 2.75) is 26.8 Å². The molecule has 0 saturated carbocycles. The zero-order valence-electron chi connectivity index (χ0n) is 18.6. The van der Waals surface area contributed by atoms with Gasteiger partial charge in [-0.05, 0) is 67.8 Å². The first-order chi connectivity index (χ1) is 15.8. The number of benzene rings is 3. The van der Waals surface area contributed by atoms with Crippen molar-refractivity contribution in [3.63, 3.8) is 0 Å². The molecular weight excluding hydrogens is 438 g/mol. The Morgan fingerprint density at radius 1 is 1.00 bits per heavy atom. The summed E-state index contributed by atoms with van der Waals surface area (Å²) in [6.45, 7) is 6.21. The molecule has 1 atom stereocenters. The Bertz CT molecular complexity index is 1270. The molecule has 1 N–H and O–H groups in total. The SMILES string of the molecule is CCOc1ccc(Cl)c(/C(O)=C2\C(=O)C(=O)N(c3ccc(C)c(C)c3)C2c2ccccc2)c1. The lowest BCUT2D eigenvalue weighted by molar-refractivity contribution is -0.132. The second kappa shape index (κ2) is 9.12. The Hall–Kier alpha value is -3.57. The van der Waals surface area contributed by atoms with Crippen molar-refractivity contribution in [2.75, 3.05) is 11.5 Å². The molecule has 1 saturated heterocycles. The van der Waals surface area contributed by atoms with E-state index in [4.69, 9.17) is 16.3 Å². The van der Waals surface area contributed by atoms with Crippen LogP contribution in [0.15, 0.2) is 72.3 Å². The summed E-state index contributed by atoms with van der Waals surface area (Å²) in [5.74, 6) is -1.30. The number of nitrogens with zero attached hydrogens (tertiary/aromatic N) is 1. The number of anilines is 1. The number of Topliss-reactive ketones (excluding diaryl/α,β-unsaturated/α-hetero) is 1. The number of hydrogen-bond acceptors (Lipinski definition) is 4. The Balaban J connectivity index is 1.95. The number of rotatable bonds is 5. The van der Waals surface area contributed by atoms with Crippen LogP contribution in [0.25, 0.3) is 5.76 Å². The van der Waals surface area contributed by atoms with Gasteiger partial charge in [0, 0.05) is 11.3 Å². The van der Waals surface area contributed by atoms with Gasteiger partial charge in [0.2, 0.25) is 0 Å². The molecule has 1 aliphatic rings. The minimum atomic E-state index is -0.805. The summed E-state index contributed by atoms with van der Waals surface area (Å²) in [6, 6.07) is 18.8. The molecule has 3 aromatic rings. The lowest BCUT2D eigenvalue weighted by Crippen LogP contribution is -2.29. The molecule has 6 heteroatoms. The number of ketones is 1. The molecule has 1 unspecified atom stereocenters. The number of aliphatic hydroxyl groups is 1. The lowest BCUT2D eigenvalue weighted by Gasteiger charge is -2.26. The number of ether oxygens (including phenoxy) is 1. The monoisotopic (exact) mass is 461 g/mol. The Morgan fingerprint density at radius 3 is 2.39 bits per heavy atom. The molecule has 1 amide bonds. The summed E-state index contributed by atoms with van der Waals surface area (Å²) in [6.07, 6.45) is 0. The highest BCUT2D eigenvalue weighted by atomic mass is 35.5. The molecule has 1 fully saturated rings. The van der Waals surface area contributed by atoms with E-state index in [0.717, 1.165) is 11.1 Å². The number of carbonyl (C=O) groups excluding carboxylic acids is 2. The maximum Gasteiger partial charge on any atom is 0.300 e. The number of aliphatic hydroxyl groups excluding tert-OH is 1. The van der Waals surface area contributed by atoms with E-state index in [2.05, 4.69) is 0 Å². The highest BCUT2D eigenvalue weighted by molar-refractivity contribution is 6.52. The molecule has 3 aromatic carbocycles. The van der Waals surface area contributed by atoms with Gasteiger partial charge < -0.3 is 9.84 Å². The van der Waals surface area contributed by atoms with E-state index < -0.39 is 17.7 Å². The largest absolute Gasteiger partial charge is 0.507 e. The fourth-order valence-corrected chi connectivity index (χ4v) is 4.22. The third-order valence-electron chi connectivity index (χ3n) is 5.83. The topological polar surface area (TPSA) is 66.8 Å². The first-order valence-electron chi connectivity index (χ1n) is 10.7. The van der Waals surface area contributed by atoms with Crippen LogP contribution >= 0.6 is 11.6 Å². The van der Waals surface area contributed by atoms with Gasteiger partial charge in [0.25, 0.3) is 11.7 Å². The van der Waals surface area contributed by atoms with Crippen LogP contribution in [0, 0.1) is 13.8 Å². The highest BCUT2D eigenvalue weighted by Crippen LogP contribution is 2.43. The molecule has 33 heavy (non-hydrogen) atoms. The molecular formula is C27H24ClNO4. The fourth-order valence-electron chi connectivity index (χ4n) is 4.01. The molecule has 0 radical (unpaired) electrons. The van der Waals surface area contributed by atoms with Gasteiger partial charge in [0.15, 0.2) is 0 Å². The molecule has 0 spiro atoms. The second-order valence-corrected chi connectivity index (χ2v) is 8.33. The van der Waals surface area contributed by atoms with Gasteiger partial charge in [-0.15, -0.1) is 0 Å². The van der Waals surface area contributed by atoms with E-state index in [1.54, 1.807) is 18.2 Å². The molecule has 4 rings (SSSR count). The third kappa shape index (κ3) is 4.12. The second-order valence-electron chi connectivity index (χ2n) is 7.92.